The number of allylic oxidation sites excluding steroid dienone is 4. The molecular formula is C22H36O6. The molecule has 28 heavy (non-hydrogen) atoms. The summed E-state index contributed by atoms with van der Waals surface area (Å²) < 4.78 is 4.71. The Hall–Kier alpha value is -2.11. The molecule has 0 radical (unpaired) electrons. The number of carbonyl (C=O) groups excluding carboxylic acids is 1. The fraction of sp³-hybridized carbons (Fsp3) is 0.682. The largest absolute Gasteiger partial charge is 0.481 e. The zero-order valence-electron chi connectivity index (χ0n) is 17.1. The predicted octanol–water partition coefficient (Wildman–Crippen LogP) is 5.27. The number of ether oxygens (including phenoxy) is 1. The Morgan fingerprint density at radius 2 is 1.39 bits per heavy atom. The first-order valence-electron chi connectivity index (χ1n) is 10.4. The maximum atomic E-state index is 11.6. The summed E-state index contributed by atoms with van der Waals surface area (Å²) in [6.45, 7) is 2.21. The average molecular weight is 397 g/mol. The monoisotopic (exact) mass is 396 g/mol. The van der Waals surface area contributed by atoms with Crippen molar-refractivity contribution in [1.29, 1.82) is 0 Å². The molecule has 2 N–H and O–H groups in total. The Morgan fingerprint density at radius 1 is 0.821 bits per heavy atom. The van der Waals surface area contributed by atoms with Crippen molar-refractivity contribution in [2.75, 3.05) is 0 Å². The summed E-state index contributed by atoms with van der Waals surface area (Å²) in [5.74, 6) is -3.40. The van der Waals surface area contributed by atoms with E-state index in [1.807, 2.05) is 0 Å². The van der Waals surface area contributed by atoms with Crippen LogP contribution in [-0.4, -0.2) is 34.2 Å². The molecule has 6 heteroatoms. The van der Waals surface area contributed by atoms with Crippen LogP contribution in [0.4, 0.5) is 0 Å². The zero-order chi connectivity index (χ0) is 21.0. The van der Waals surface area contributed by atoms with E-state index in [2.05, 4.69) is 31.2 Å². The highest BCUT2D eigenvalue weighted by Gasteiger charge is 2.24. The van der Waals surface area contributed by atoms with Crippen LogP contribution in [0.5, 0.6) is 0 Å². The third-order valence-electron chi connectivity index (χ3n) is 4.24. The SMILES string of the molecule is CCCCC/C=C\C/C=C\CCCCCCCC(=O)OC(CC(=O)O)C(=O)O. The lowest BCUT2D eigenvalue weighted by Crippen LogP contribution is -2.29. The summed E-state index contributed by atoms with van der Waals surface area (Å²) in [7, 11) is 0. The molecule has 0 amide bonds. The highest BCUT2D eigenvalue weighted by molar-refractivity contribution is 5.82. The second kappa shape index (κ2) is 18.3. The van der Waals surface area contributed by atoms with E-state index in [1.54, 1.807) is 0 Å². The van der Waals surface area contributed by atoms with Crippen LogP contribution in [-0.2, 0) is 19.1 Å². The fourth-order valence-electron chi connectivity index (χ4n) is 2.64. The fourth-order valence-corrected chi connectivity index (χ4v) is 2.64. The molecule has 0 saturated carbocycles. The summed E-state index contributed by atoms with van der Waals surface area (Å²) in [5.41, 5.74) is 0. The summed E-state index contributed by atoms with van der Waals surface area (Å²) in [4.78, 5) is 33.0. The molecule has 0 aromatic heterocycles. The molecule has 1 unspecified atom stereocenters. The second-order valence-electron chi connectivity index (χ2n) is 6.90. The van der Waals surface area contributed by atoms with E-state index in [1.165, 1.54) is 25.7 Å². The Morgan fingerprint density at radius 3 is 1.96 bits per heavy atom. The Labute approximate surface area is 168 Å². The van der Waals surface area contributed by atoms with Crippen LogP contribution in [0.3, 0.4) is 0 Å². The number of hydrogen-bond donors (Lipinski definition) is 2. The van der Waals surface area contributed by atoms with Gasteiger partial charge < -0.3 is 14.9 Å². The van der Waals surface area contributed by atoms with Crippen molar-refractivity contribution >= 4 is 17.9 Å². The molecule has 0 bridgehead atoms. The van der Waals surface area contributed by atoms with Gasteiger partial charge in [0, 0.05) is 6.42 Å². The van der Waals surface area contributed by atoms with Gasteiger partial charge in [-0.05, 0) is 38.5 Å². The lowest BCUT2D eigenvalue weighted by atomic mass is 10.1. The maximum Gasteiger partial charge on any atom is 0.345 e. The van der Waals surface area contributed by atoms with E-state index in [0.29, 0.717) is 6.42 Å². The molecule has 160 valence electrons. The first-order valence-corrected chi connectivity index (χ1v) is 10.4. The van der Waals surface area contributed by atoms with Crippen molar-refractivity contribution in [2.24, 2.45) is 0 Å². The average Bonchev–Trinajstić information content (AvgIpc) is 2.64. The lowest BCUT2D eigenvalue weighted by molar-refractivity contribution is -0.167. The third kappa shape index (κ3) is 17.3. The van der Waals surface area contributed by atoms with Crippen LogP contribution in [0.15, 0.2) is 24.3 Å². The van der Waals surface area contributed by atoms with Gasteiger partial charge in [-0.3, -0.25) is 9.59 Å². The Kier molecular flexibility index (Phi) is 16.9. The van der Waals surface area contributed by atoms with E-state index in [9.17, 15) is 14.4 Å². The number of unbranched alkanes of at least 4 members (excludes halogenated alkanes) is 8. The van der Waals surface area contributed by atoms with Crippen molar-refractivity contribution in [2.45, 2.75) is 96.5 Å². The first-order chi connectivity index (χ1) is 13.5. The van der Waals surface area contributed by atoms with Crippen LogP contribution in [0, 0.1) is 0 Å². The van der Waals surface area contributed by atoms with Gasteiger partial charge in [0.05, 0.1) is 6.42 Å². The van der Waals surface area contributed by atoms with Crippen molar-refractivity contribution < 1.29 is 29.3 Å². The number of carboxylic acids is 2. The molecule has 0 rings (SSSR count). The highest BCUT2D eigenvalue weighted by Crippen LogP contribution is 2.10. The normalized spacial score (nSPS) is 12.5. The standard InChI is InChI=1S/C22H36O6/c1-2-3-4-5-6-7-8-9-10-11-12-13-14-15-16-17-21(25)28-19(22(26)27)18-20(23)24/h6-7,9-10,19H,2-5,8,11-18H2,1H3,(H,23,24)(H,26,27)/b7-6-,10-9-. The van der Waals surface area contributed by atoms with Gasteiger partial charge >= 0.3 is 17.9 Å². The minimum atomic E-state index is -1.61. The van der Waals surface area contributed by atoms with Gasteiger partial charge in [-0.1, -0.05) is 63.3 Å². The van der Waals surface area contributed by atoms with E-state index >= 15 is 0 Å². The van der Waals surface area contributed by atoms with Crippen molar-refractivity contribution in [3.63, 3.8) is 0 Å². The minimum absolute atomic E-state index is 0.119. The first kappa shape index (κ1) is 25.9. The molecule has 6 nitrogen and oxygen atoms in total. The van der Waals surface area contributed by atoms with E-state index in [0.717, 1.165) is 38.5 Å². The summed E-state index contributed by atoms with van der Waals surface area (Å²) in [6, 6.07) is 0. The molecule has 0 aromatic rings. The maximum absolute atomic E-state index is 11.6. The van der Waals surface area contributed by atoms with Crippen LogP contribution in [0.25, 0.3) is 0 Å². The molecule has 0 heterocycles. The molecule has 0 aromatic carbocycles. The lowest BCUT2D eigenvalue weighted by Gasteiger charge is -2.11. The minimum Gasteiger partial charge on any atom is -0.481 e. The molecule has 0 aliphatic rings. The van der Waals surface area contributed by atoms with Gasteiger partial charge in [-0.2, -0.15) is 0 Å². The van der Waals surface area contributed by atoms with E-state index in [-0.39, 0.29) is 6.42 Å². The van der Waals surface area contributed by atoms with E-state index < -0.39 is 30.4 Å². The Balaban J connectivity index is 3.58. The molecule has 1 atom stereocenters. The highest BCUT2D eigenvalue weighted by atomic mass is 16.6. The van der Waals surface area contributed by atoms with Gasteiger partial charge in [0.2, 0.25) is 6.10 Å². The van der Waals surface area contributed by atoms with Crippen LogP contribution in [0.1, 0.15) is 90.4 Å². The van der Waals surface area contributed by atoms with Gasteiger partial charge in [0.15, 0.2) is 0 Å². The zero-order valence-corrected chi connectivity index (χ0v) is 17.1. The molecule has 0 saturated heterocycles. The van der Waals surface area contributed by atoms with Gasteiger partial charge in [0.1, 0.15) is 0 Å². The van der Waals surface area contributed by atoms with Gasteiger partial charge in [0.25, 0.3) is 0 Å². The number of aliphatic carboxylic acids is 2. The van der Waals surface area contributed by atoms with Crippen LogP contribution in [0.2, 0.25) is 0 Å². The summed E-state index contributed by atoms with van der Waals surface area (Å²) in [6.07, 6.45) is 18.4. The van der Waals surface area contributed by atoms with Crippen LogP contribution >= 0.6 is 0 Å². The Bertz CT molecular complexity index is 495. The number of carbonyl (C=O) groups is 3. The van der Waals surface area contributed by atoms with Gasteiger partial charge in [-0.25, -0.2) is 4.79 Å². The summed E-state index contributed by atoms with van der Waals surface area (Å²) in [5, 5.41) is 17.4. The predicted molar refractivity (Wildman–Crippen MR) is 109 cm³/mol. The van der Waals surface area contributed by atoms with Crippen LogP contribution < -0.4 is 0 Å². The van der Waals surface area contributed by atoms with Crippen molar-refractivity contribution in [3.8, 4) is 0 Å². The van der Waals surface area contributed by atoms with Crippen molar-refractivity contribution in [3.05, 3.63) is 24.3 Å². The summed E-state index contributed by atoms with van der Waals surface area (Å²) >= 11 is 0. The number of hydrogen-bond acceptors (Lipinski definition) is 4. The molecular weight excluding hydrogens is 360 g/mol. The third-order valence-corrected chi connectivity index (χ3v) is 4.24. The van der Waals surface area contributed by atoms with E-state index in [4.69, 9.17) is 14.9 Å². The van der Waals surface area contributed by atoms with Crippen molar-refractivity contribution in [1.82, 2.24) is 0 Å². The molecule has 0 aliphatic heterocycles. The quantitative estimate of drug-likeness (QED) is 0.186. The number of carboxylic acid groups (broad SMARTS) is 2. The van der Waals surface area contributed by atoms with Gasteiger partial charge in [-0.15, -0.1) is 0 Å². The smallest absolute Gasteiger partial charge is 0.345 e. The molecule has 0 spiro atoms. The second-order valence-corrected chi connectivity index (χ2v) is 6.90. The molecule has 0 fully saturated rings. The topological polar surface area (TPSA) is 101 Å². The molecule has 0 aliphatic carbocycles. The number of esters is 1. The number of rotatable bonds is 18.